The zero-order chi connectivity index (χ0) is 18.2. The number of likely N-dealkylation sites (tertiary alicyclic amines) is 1. The van der Waals surface area contributed by atoms with Crippen molar-refractivity contribution in [2.45, 2.75) is 39.2 Å². The number of rotatable bonds is 3. The zero-order valence-corrected chi connectivity index (χ0v) is 15.8. The molecule has 6 rings (SSSR count). The summed E-state index contributed by atoms with van der Waals surface area (Å²) < 4.78 is 1.78. The van der Waals surface area contributed by atoms with Crippen molar-refractivity contribution in [2.24, 2.45) is 42.1 Å². The average molecular weight is 356 g/mol. The van der Waals surface area contributed by atoms with Crippen LogP contribution in [-0.2, 0) is 11.8 Å². The van der Waals surface area contributed by atoms with E-state index in [0.717, 1.165) is 31.3 Å². The van der Waals surface area contributed by atoms with Crippen molar-refractivity contribution in [1.29, 1.82) is 0 Å². The lowest BCUT2D eigenvalue weighted by Crippen LogP contribution is -2.57. The van der Waals surface area contributed by atoms with Crippen LogP contribution in [0.1, 0.15) is 43.6 Å². The lowest BCUT2D eigenvalue weighted by atomic mass is 9.78. The maximum atomic E-state index is 13.1. The number of nitrogens with zero attached hydrogens (tertiary/aromatic N) is 3. The van der Waals surface area contributed by atoms with E-state index in [4.69, 9.17) is 0 Å². The van der Waals surface area contributed by atoms with Crippen LogP contribution < -0.4 is 5.32 Å². The van der Waals surface area contributed by atoms with Gasteiger partial charge < -0.3 is 14.8 Å². The minimum Gasteiger partial charge on any atom is -0.347 e. The molecule has 1 saturated heterocycles. The van der Waals surface area contributed by atoms with Crippen LogP contribution >= 0.6 is 0 Å². The summed E-state index contributed by atoms with van der Waals surface area (Å²) in [7, 11) is 1.86. The van der Waals surface area contributed by atoms with Gasteiger partial charge in [0.2, 0.25) is 5.91 Å². The average Bonchev–Trinajstić information content (AvgIpc) is 3.11. The van der Waals surface area contributed by atoms with Crippen LogP contribution in [0.3, 0.4) is 0 Å². The van der Waals surface area contributed by atoms with Gasteiger partial charge in [-0.2, -0.15) is 0 Å². The predicted molar refractivity (Wildman–Crippen MR) is 96.1 cm³/mol. The SMILES string of the molecule is Cn1cnc(C(=O)NC2CCN(C(=O)C3C4CC5C(C4)C53)CC2(C)C)c1. The van der Waals surface area contributed by atoms with E-state index in [1.807, 2.05) is 7.05 Å². The number of carbonyl (C=O) groups excluding carboxylic acids is 2. The van der Waals surface area contributed by atoms with Crippen molar-refractivity contribution in [3.63, 3.8) is 0 Å². The molecular formula is C20H28N4O2. The normalized spacial score (nSPS) is 39.1. The van der Waals surface area contributed by atoms with Gasteiger partial charge in [-0.1, -0.05) is 13.8 Å². The maximum Gasteiger partial charge on any atom is 0.271 e. The largest absolute Gasteiger partial charge is 0.347 e. The van der Waals surface area contributed by atoms with E-state index >= 15 is 0 Å². The molecule has 2 amide bonds. The van der Waals surface area contributed by atoms with E-state index in [-0.39, 0.29) is 17.4 Å². The second kappa shape index (κ2) is 5.33. The molecule has 4 saturated carbocycles. The summed E-state index contributed by atoms with van der Waals surface area (Å²) >= 11 is 0. The Labute approximate surface area is 154 Å². The third-order valence-electron chi connectivity index (χ3n) is 7.54. The smallest absolute Gasteiger partial charge is 0.271 e. The number of piperidine rings is 1. The lowest BCUT2D eigenvalue weighted by molar-refractivity contribution is -0.140. The summed E-state index contributed by atoms with van der Waals surface area (Å²) in [6.07, 6.45) is 6.78. The number of hydrogen-bond acceptors (Lipinski definition) is 3. The molecule has 1 aromatic heterocycles. The second-order valence-corrected chi connectivity index (χ2v) is 9.65. The highest BCUT2D eigenvalue weighted by molar-refractivity contribution is 5.92. The van der Waals surface area contributed by atoms with Gasteiger partial charge in [-0.25, -0.2) is 4.98 Å². The Balaban J connectivity index is 1.24. The molecule has 26 heavy (non-hydrogen) atoms. The summed E-state index contributed by atoms with van der Waals surface area (Å²) in [4.78, 5) is 31.8. The fourth-order valence-corrected chi connectivity index (χ4v) is 6.23. The molecule has 0 radical (unpaired) electrons. The fraction of sp³-hybridized carbons (Fsp3) is 0.750. The van der Waals surface area contributed by atoms with Crippen molar-refractivity contribution in [2.75, 3.05) is 13.1 Å². The molecule has 6 nitrogen and oxygen atoms in total. The Hall–Kier alpha value is -1.85. The summed E-state index contributed by atoms with van der Waals surface area (Å²) in [5, 5.41) is 3.15. The summed E-state index contributed by atoms with van der Waals surface area (Å²) in [6, 6.07) is 0.0620. The molecule has 4 unspecified atom stereocenters. The van der Waals surface area contributed by atoms with E-state index in [2.05, 4.69) is 29.0 Å². The van der Waals surface area contributed by atoms with Gasteiger partial charge >= 0.3 is 0 Å². The molecule has 1 aromatic rings. The second-order valence-electron chi connectivity index (χ2n) is 9.65. The number of aromatic nitrogens is 2. The third-order valence-corrected chi connectivity index (χ3v) is 7.54. The van der Waals surface area contributed by atoms with Gasteiger partial charge in [0.15, 0.2) is 0 Å². The van der Waals surface area contributed by atoms with Crippen molar-refractivity contribution in [3.8, 4) is 0 Å². The summed E-state index contributed by atoms with van der Waals surface area (Å²) in [5.74, 6) is 3.69. The van der Waals surface area contributed by atoms with Crippen LogP contribution in [-0.4, -0.2) is 45.4 Å². The van der Waals surface area contributed by atoms with Gasteiger partial charge in [-0.15, -0.1) is 0 Å². The molecule has 5 aliphatic rings. The number of carbonyl (C=O) groups is 2. The third kappa shape index (κ3) is 2.33. The van der Waals surface area contributed by atoms with E-state index in [1.54, 1.807) is 17.1 Å². The molecular weight excluding hydrogens is 328 g/mol. The number of imidazole rings is 1. The van der Waals surface area contributed by atoms with Gasteiger partial charge in [0.05, 0.1) is 6.33 Å². The fourth-order valence-electron chi connectivity index (χ4n) is 6.23. The Morgan fingerprint density at radius 1 is 1.27 bits per heavy atom. The maximum absolute atomic E-state index is 13.1. The Morgan fingerprint density at radius 3 is 2.54 bits per heavy atom. The van der Waals surface area contributed by atoms with Crippen molar-refractivity contribution < 1.29 is 9.59 Å². The summed E-state index contributed by atoms with van der Waals surface area (Å²) in [5.41, 5.74) is 0.315. The first-order valence-corrected chi connectivity index (χ1v) is 9.93. The van der Waals surface area contributed by atoms with Crippen molar-refractivity contribution in [1.82, 2.24) is 19.8 Å². The number of hydrogen-bond donors (Lipinski definition) is 1. The molecule has 0 aromatic carbocycles. The highest BCUT2D eigenvalue weighted by Gasteiger charge is 2.70. The van der Waals surface area contributed by atoms with Gasteiger partial charge in [0, 0.05) is 43.7 Å². The number of amides is 2. The summed E-state index contributed by atoms with van der Waals surface area (Å²) in [6.45, 7) is 5.79. The van der Waals surface area contributed by atoms with Crippen LogP contribution in [0.2, 0.25) is 0 Å². The molecule has 4 aliphatic carbocycles. The Kier molecular flexibility index (Phi) is 3.35. The Morgan fingerprint density at radius 2 is 2.00 bits per heavy atom. The standard InChI is InChI=1S/C20H28N4O2/c1-20(2)9-24(19(26)16-11-6-12-13(7-11)17(12)16)5-4-15(20)22-18(25)14-8-23(3)10-21-14/h8,10-13,15-17H,4-7,9H2,1-3H3,(H,22,25). The first-order valence-electron chi connectivity index (χ1n) is 9.93. The molecule has 5 fully saturated rings. The van der Waals surface area contributed by atoms with E-state index < -0.39 is 0 Å². The van der Waals surface area contributed by atoms with Gasteiger partial charge in [0.1, 0.15) is 5.69 Å². The zero-order valence-electron chi connectivity index (χ0n) is 15.8. The molecule has 4 atom stereocenters. The van der Waals surface area contributed by atoms with Gasteiger partial charge in [-0.05, 0) is 42.9 Å². The highest BCUT2D eigenvalue weighted by Crippen LogP contribution is 2.73. The number of nitrogens with one attached hydrogen (secondary N) is 1. The first-order chi connectivity index (χ1) is 12.3. The van der Waals surface area contributed by atoms with E-state index in [9.17, 15) is 9.59 Å². The van der Waals surface area contributed by atoms with Crippen LogP contribution in [0, 0.1) is 35.0 Å². The molecule has 4 bridgehead atoms. The minimum absolute atomic E-state index is 0.0620. The first kappa shape index (κ1) is 16.3. The van der Waals surface area contributed by atoms with Crippen LogP contribution in [0.15, 0.2) is 12.5 Å². The van der Waals surface area contributed by atoms with Gasteiger partial charge in [0.25, 0.3) is 5.91 Å². The molecule has 140 valence electrons. The van der Waals surface area contributed by atoms with Crippen molar-refractivity contribution >= 4 is 11.8 Å². The van der Waals surface area contributed by atoms with E-state index in [1.165, 1.54) is 12.8 Å². The predicted octanol–water partition coefficient (Wildman–Crippen LogP) is 1.68. The quantitative estimate of drug-likeness (QED) is 0.896. The Bertz CT molecular complexity index is 756. The number of aryl methyl sites for hydroxylation is 1. The van der Waals surface area contributed by atoms with Gasteiger partial charge in [-0.3, -0.25) is 9.59 Å². The van der Waals surface area contributed by atoms with E-state index in [0.29, 0.717) is 29.4 Å². The minimum atomic E-state index is -0.136. The van der Waals surface area contributed by atoms with Crippen LogP contribution in [0.25, 0.3) is 0 Å². The molecule has 1 aliphatic heterocycles. The molecule has 6 heteroatoms. The molecule has 2 heterocycles. The van der Waals surface area contributed by atoms with Crippen LogP contribution in [0.4, 0.5) is 0 Å². The van der Waals surface area contributed by atoms with Crippen molar-refractivity contribution in [3.05, 3.63) is 18.2 Å². The molecule has 1 N–H and O–H groups in total. The molecule has 0 spiro atoms. The monoisotopic (exact) mass is 356 g/mol. The van der Waals surface area contributed by atoms with Crippen LogP contribution in [0.5, 0.6) is 0 Å². The lowest BCUT2D eigenvalue weighted by Gasteiger charge is -2.45. The topological polar surface area (TPSA) is 67.2 Å². The highest BCUT2D eigenvalue weighted by atomic mass is 16.2.